The van der Waals surface area contributed by atoms with Crippen LogP contribution in [0.5, 0.6) is 0 Å². The Balaban J connectivity index is 1.87. The van der Waals surface area contributed by atoms with Gasteiger partial charge in [0.15, 0.2) is 0 Å². The van der Waals surface area contributed by atoms with Crippen molar-refractivity contribution in [3.63, 3.8) is 0 Å². The van der Waals surface area contributed by atoms with E-state index in [-0.39, 0.29) is 0 Å². The molecule has 26 heavy (non-hydrogen) atoms. The third-order valence-electron chi connectivity index (χ3n) is 3.98. The lowest BCUT2D eigenvalue weighted by molar-refractivity contribution is 1.44. The fourth-order valence-electron chi connectivity index (χ4n) is 2.46. The Kier molecular flexibility index (Phi) is 5.88. The molecule has 0 heterocycles. The Labute approximate surface area is 159 Å². The third-order valence-corrected chi connectivity index (χ3v) is 4.24. The first kappa shape index (κ1) is 18.0. The van der Waals surface area contributed by atoms with Gasteiger partial charge in [-0.3, -0.25) is 4.99 Å². The first-order valence-electron chi connectivity index (χ1n) is 8.51. The number of rotatable bonds is 5. The van der Waals surface area contributed by atoms with Crippen LogP contribution in [0, 0.1) is 13.8 Å². The molecule has 130 valence electrons. The van der Waals surface area contributed by atoms with Crippen LogP contribution < -0.4 is 5.32 Å². The minimum absolute atomic E-state index is 0.719. The summed E-state index contributed by atoms with van der Waals surface area (Å²) < 4.78 is 0. The SMILES string of the molecule is Cc1ccc(N=CC=C(Nc2ccc(C)cc2)c2ccc(Cl)cc2)cc1. The summed E-state index contributed by atoms with van der Waals surface area (Å²) in [7, 11) is 0. The summed E-state index contributed by atoms with van der Waals surface area (Å²) in [6, 6.07) is 24.2. The van der Waals surface area contributed by atoms with Gasteiger partial charge in [0.05, 0.1) is 5.69 Å². The summed E-state index contributed by atoms with van der Waals surface area (Å²) in [4.78, 5) is 4.52. The molecule has 1 N–H and O–H groups in total. The number of aliphatic imine (C=N–C) groups is 1. The lowest BCUT2D eigenvalue weighted by atomic mass is 10.1. The monoisotopic (exact) mass is 360 g/mol. The van der Waals surface area contributed by atoms with Crippen LogP contribution >= 0.6 is 11.6 Å². The average molecular weight is 361 g/mol. The van der Waals surface area contributed by atoms with Gasteiger partial charge in [-0.1, -0.05) is 59.1 Å². The average Bonchev–Trinajstić information content (AvgIpc) is 2.65. The van der Waals surface area contributed by atoms with Crippen LogP contribution in [0.15, 0.2) is 83.9 Å². The number of aryl methyl sites for hydroxylation is 2. The summed E-state index contributed by atoms with van der Waals surface area (Å²) in [6.45, 7) is 4.14. The molecule has 0 amide bonds. The second-order valence-corrected chi connectivity index (χ2v) is 6.63. The van der Waals surface area contributed by atoms with Crippen LogP contribution in [0.3, 0.4) is 0 Å². The Morgan fingerprint density at radius 2 is 1.38 bits per heavy atom. The quantitative estimate of drug-likeness (QED) is 0.496. The molecule has 3 aromatic carbocycles. The van der Waals surface area contributed by atoms with Gasteiger partial charge >= 0.3 is 0 Å². The zero-order chi connectivity index (χ0) is 18.4. The molecule has 0 saturated heterocycles. The van der Waals surface area contributed by atoms with Gasteiger partial charge in [-0.25, -0.2) is 0 Å². The number of hydrogen-bond donors (Lipinski definition) is 1. The van der Waals surface area contributed by atoms with Gasteiger partial charge in [0, 0.05) is 22.6 Å². The van der Waals surface area contributed by atoms with Crippen molar-refractivity contribution in [3.8, 4) is 0 Å². The van der Waals surface area contributed by atoms with Crippen LogP contribution in [0.1, 0.15) is 16.7 Å². The molecule has 0 radical (unpaired) electrons. The highest BCUT2D eigenvalue weighted by molar-refractivity contribution is 6.30. The van der Waals surface area contributed by atoms with Gasteiger partial charge in [-0.2, -0.15) is 0 Å². The highest BCUT2D eigenvalue weighted by atomic mass is 35.5. The number of nitrogens with zero attached hydrogens (tertiary/aromatic N) is 1. The standard InChI is InChI=1S/C23H21ClN2/c1-17-3-11-21(12-4-17)25-16-15-23(19-7-9-20(24)10-8-19)26-22-13-5-18(2)6-14-22/h3-16,26H,1-2H3. The Morgan fingerprint density at radius 3 is 2.00 bits per heavy atom. The number of hydrogen-bond acceptors (Lipinski definition) is 2. The second kappa shape index (κ2) is 8.50. The first-order chi connectivity index (χ1) is 12.6. The maximum Gasteiger partial charge on any atom is 0.0629 e. The molecule has 3 aromatic rings. The lowest BCUT2D eigenvalue weighted by Crippen LogP contribution is -1.99. The summed E-state index contributed by atoms with van der Waals surface area (Å²) in [5.74, 6) is 0. The maximum atomic E-state index is 6.02. The molecule has 3 rings (SSSR count). The molecule has 0 fully saturated rings. The van der Waals surface area contributed by atoms with Crippen molar-refractivity contribution in [3.05, 3.63) is 101 Å². The predicted molar refractivity (Wildman–Crippen MR) is 114 cm³/mol. The summed E-state index contributed by atoms with van der Waals surface area (Å²) >= 11 is 6.02. The number of nitrogens with one attached hydrogen (secondary N) is 1. The van der Waals surface area contributed by atoms with Crippen molar-refractivity contribution in [2.45, 2.75) is 13.8 Å². The molecule has 0 saturated carbocycles. The highest BCUT2D eigenvalue weighted by Crippen LogP contribution is 2.21. The van der Waals surface area contributed by atoms with Crippen LogP contribution in [0.4, 0.5) is 11.4 Å². The molecule has 0 aliphatic heterocycles. The molecule has 0 aliphatic carbocycles. The van der Waals surface area contributed by atoms with E-state index in [1.165, 1.54) is 11.1 Å². The number of benzene rings is 3. The molecule has 0 aliphatic rings. The van der Waals surface area contributed by atoms with Crippen LogP contribution in [0.2, 0.25) is 5.02 Å². The van der Waals surface area contributed by atoms with E-state index < -0.39 is 0 Å². The summed E-state index contributed by atoms with van der Waals surface area (Å²) in [5.41, 5.74) is 6.42. The van der Waals surface area contributed by atoms with Crippen molar-refractivity contribution in [1.82, 2.24) is 0 Å². The molecule has 0 atom stereocenters. The molecule has 0 unspecified atom stereocenters. The number of allylic oxidation sites excluding steroid dienone is 1. The first-order valence-corrected chi connectivity index (χ1v) is 8.88. The van der Waals surface area contributed by atoms with E-state index in [1.54, 1.807) is 0 Å². The molecule has 2 nitrogen and oxygen atoms in total. The van der Waals surface area contributed by atoms with Crippen molar-refractivity contribution < 1.29 is 0 Å². The molecular formula is C23H21ClN2. The summed E-state index contributed by atoms with van der Waals surface area (Å²) in [6.07, 6.45) is 3.79. The number of anilines is 1. The molecule has 0 bridgehead atoms. The fraction of sp³-hybridized carbons (Fsp3) is 0.0870. The van der Waals surface area contributed by atoms with E-state index in [4.69, 9.17) is 11.6 Å². The maximum absolute atomic E-state index is 6.02. The third kappa shape index (κ3) is 5.08. The van der Waals surface area contributed by atoms with Crippen molar-refractivity contribution in [2.75, 3.05) is 5.32 Å². The van der Waals surface area contributed by atoms with E-state index in [0.717, 1.165) is 27.7 Å². The van der Waals surface area contributed by atoms with Gasteiger partial charge in [0.25, 0.3) is 0 Å². The predicted octanol–water partition coefficient (Wildman–Crippen LogP) is 6.81. The van der Waals surface area contributed by atoms with Crippen LogP contribution in [-0.2, 0) is 0 Å². The van der Waals surface area contributed by atoms with Crippen molar-refractivity contribution in [2.24, 2.45) is 4.99 Å². The fourth-order valence-corrected chi connectivity index (χ4v) is 2.59. The summed E-state index contributed by atoms with van der Waals surface area (Å²) in [5, 5.41) is 4.18. The van der Waals surface area contributed by atoms with Crippen LogP contribution in [-0.4, -0.2) is 6.21 Å². The smallest absolute Gasteiger partial charge is 0.0629 e. The van der Waals surface area contributed by atoms with E-state index in [0.29, 0.717) is 0 Å². The van der Waals surface area contributed by atoms with Crippen LogP contribution in [0.25, 0.3) is 5.70 Å². The second-order valence-electron chi connectivity index (χ2n) is 6.19. The Morgan fingerprint density at radius 1 is 0.808 bits per heavy atom. The van der Waals surface area contributed by atoms with Crippen molar-refractivity contribution >= 4 is 34.9 Å². The van der Waals surface area contributed by atoms with Gasteiger partial charge < -0.3 is 5.32 Å². The molecule has 0 spiro atoms. The Hall–Kier alpha value is -2.84. The van der Waals surface area contributed by atoms with Gasteiger partial charge in [0.1, 0.15) is 0 Å². The van der Waals surface area contributed by atoms with Gasteiger partial charge in [0.2, 0.25) is 0 Å². The van der Waals surface area contributed by atoms with E-state index in [1.807, 2.05) is 48.7 Å². The molecular weight excluding hydrogens is 340 g/mol. The van der Waals surface area contributed by atoms with E-state index in [9.17, 15) is 0 Å². The minimum atomic E-state index is 0.719. The van der Waals surface area contributed by atoms with E-state index >= 15 is 0 Å². The zero-order valence-electron chi connectivity index (χ0n) is 14.9. The number of halogens is 1. The zero-order valence-corrected chi connectivity index (χ0v) is 15.7. The minimum Gasteiger partial charge on any atom is -0.355 e. The normalized spacial score (nSPS) is 11.7. The largest absolute Gasteiger partial charge is 0.355 e. The topological polar surface area (TPSA) is 24.4 Å². The van der Waals surface area contributed by atoms with Crippen molar-refractivity contribution in [1.29, 1.82) is 0 Å². The van der Waals surface area contributed by atoms with E-state index in [2.05, 4.69) is 60.6 Å². The van der Waals surface area contributed by atoms with Gasteiger partial charge in [-0.05, 0) is 61.9 Å². The lowest BCUT2D eigenvalue weighted by Gasteiger charge is -2.11. The molecule has 0 aromatic heterocycles. The molecule has 3 heteroatoms. The van der Waals surface area contributed by atoms with Gasteiger partial charge in [-0.15, -0.1) is 0 Å². The Bertz CT molecular complexity index is 906. The highest BCUT2D eigenvalue weighted by Gasteiger charge is 2.02.